The Morgan fingerprint density at radius 2 is 1.74 bits per heavy atom. The van der Waals surface area contributed by atoms with Crippen LogP contribution in [0.15, 0.2) is 48.8 Å². The van der Waals surface area contributed by atoms with Crippen molar-refractivity contribution in [3.05, 3.63) is 66.2 Å². The second-order valence-corrected chi connectivity index (χ2v) is 7.50. The number of anilines is 2. The van der Waals surface area contributed by atoms with Crippen LogP contribution in [0.4, 0.5) is 24.7 Å². The lowest BCUT2D eigenvalue weighted by Gasteiger charge is -2.11. The summed E-state index contributed by atoms with van der Waals surface area (Å²) >= 11 is 1.65. The summed E-state index contributed by atoms with van der Waals surface area (Å²) < 4.78 is 50.1. The number of para-hydroxylation sites is 1. The number of thioether (sulfide) groups is 1. The highest BCUT2D eigenvalue weighted by atomic mass is 32.2. The molecule has 4 rings (SSSR count). The maximum Gasteiger partial charge on any atom is 0.168 e. The fraction of sp³-hybridized carbons (Fsp3) is 0.190. The fourth-order valence-corrected chi connectivity index (χ4v) is 3.21. The standard InChI is InChI=1S/C21H18F3N5OS/c1-31-10-9-30-12-29-11-25-18-20(26-17-15(23)7-4-8-16(17)24)27-19(28-21(18)29)13-5-2-3-6-14(13)22/h2-8,11H,9-10,12H2,1H3,(H,26,27,28). The van der Waals surface area contributed by atoms with Crippen LogP contribution in [-0.4, -0.2) is 38.1 Å². The predicted octanol–water partition coefficient (Wildman–Crippen LogP) is 4.99. The fourth-order valence-electron chi connectivity index (χ4n) is 2.93. The molecule has 0 unspecified atom stereocenters. The average Bonchev–Trinajstić information content (AvgIpc) is 3.17. The van der Waals surface area contributed by atoms with Crippen LogP contribution >= 0.6 is 11.8 Å². The van der Waals surface area contributed by atoms with Gasteiger partial charge in [-0.25, -0.2) is 28.1 Å². The molecule has 0 aliphatic heterocycles. The molecule has 2 aromatic heterocycles. The van der Waals surface area contributed by atoms with Crippen LogP contribution in [0.25, 0.3) is 22.6 Å². The maximum atomic E-state index is 14.4. The van der Waals surface area contributed by atoms with Crippen molar-refractivity contribution in [3.8, 4) is 11.4 Å². The molecule has 0 radical (unpaired) electrons. The van der Waals surface area contributed by atoms with Crippen LogP contribution in [0.1, 0.15) is 0 Å². The molecule has 0 bridgehead atoms. The summed E-state index contributed by atoms with van der Waals surface area (Å²) in [7, 11) is 0. The first-order valence-corrected chi connectivity index (χ1v) is 10.7. The van der Waals surface area contributed by atoms with Gasteiger partial charge in [0.05, 0.1) is 18.5 Å². The quantitative estimate of drug-likeness (QED) is 0.386. The highest BCUT2D eigenvalue weighted by Crippen LogP contribution is 2.29. The first-order valence-electron chi connectivity index (χ1n) is 9.34. The van der Waals surface area contributed by atoms with Crippen LogP contribution in [-0.2, 0) is 11.5 Å². The summed E-state index contributed by atoms with van der Waals surface area (Å²) in [5, 5.41) is 2.66. The lowest BCUT2D eigenvalue weighted by atomic mass is 10.2. The number of rotatable bonds is 8. The van der Waals surface area contributed by atoms with E-state index in [4.69, 9.17) is 4.74 Å². The number of fused-ring (bicyclic) bond motifs is 1. The molecule has 2 aromatic carbocycles. The molecule has 0 fully saturated rings. The second kappa shape index (κ2) is 9.36. The van der Waals surface area contributed by atoms with Crippen molar-refractivity contribution in [1.29, 1.82) is 0 Å². The van der Waals surface area contributed by atoms with Gasteiger partial charge in [-0.3, -0.25) is 4.57 Å². The molecule has 0 amide bonds. The molecule has 0 saturated carbocycles. The molecule has 31 heavy (non-hydrogen) atoms. The van der Waals surface area contributed by atoms with Gasteiger partial charge in [0.25, 0.3) is 0 Å². The van der Waals surface area contributed by atoms with E-state index in [1.165, 1.54) is 24.5 Å². The highest BCUT2D eigenvalue weighted by molar-refractivity contribution is 7.98. The number of nitrogens with one attached hydrogen (secondary N) is 1. The number of aromatic nitrogens is 4. The highest BCUT2D eigenvalue weighted by Gasteiger charge is 2.19. The molecule has 2 heterocycles. The molecule has 0 aliphatic carbocycles. The third kappa shape index (κ3) is 4.49. The third-order valence-corrected chi connectivity index (χ3v) is 5.02. The smallest absolute Gasteiger partial charge is 0.168 e. The first-order chi connectivity index (χ1) is 15.1. The Bertz CT molecular complexity index is 1200. The number of hydrogen-bond acceptors (Lipinski definition) is 6. The minimum atomic E-state index is -0.793. The maximum absolute atomic E-state index is 14.4. The van der Waals surface area contributed by atoms with Gasteiger partial charge < -0.3 is 10.1 Å². The van der Waals surface area contributed by atoms with E-state index in [0.29, 0.717) is 12.3 Å². The number of nitrogens with zero attached hydrogens (tertiary/aromatic N) is 4. The summed E-state index contributed by atoms with van der Waals surface area (Å²) in [6.45, 7) is 0.690. The Morgan fingerprint density at radius 1 is 1.00 bits per heavy atom. The molecule has 0 spiro atoms. The van der Waals surface area contributed by atoms with Gasteiger partial charge >= 0.3 is 0 Å². The predicted molar refractivity (Wildman–Crippen MR) is 115 cm³/mol. The van der Waals surface area contributed by atoms with Crippen molar-refractivity contribution in [2.75, 3.05) is 23.9 Å². The van der Waals surface area contributed by atoms with Crippen molar-refractivity contribution in [2.45, 2.75) is 6.73 Å². The number of benzene rings is 2. The topological polar surface area (TPSA) is 64.9 Å². The molecule has 10 heteroatoms. The third-order valence-electron chi connectivity index (χ3n) is 4.45. The molecule has 160 valence electrons. The van der Waals surface area contributed by atoms with E-state index in [-0.39, 0.29) is 35.1 Å². The van der Waals surface area contributed by atoms with Gasteiger partial charge in [-0.05, 0) is 30.5 Å². The van der Waals surface area contributed by atoms with Crippen LogP contribution in [0.2, 0.25) is 0 Å². The molecule has 6 nitrogen and oxygen atoms in total. The Morgan fingerprint density at radius 3 is 2.48 bits per heavy atom. The number of imidazole rings is 1. The van der Waals surface area contributed by atoms with E-state index in [9.17, 15) is 13.2 Å². The average molecular weight is 445 g/mol. The van der Waals surface area contributed by atoms with E-state index < -0.39 is 17.5 Å². The van der Waals surface area contributed by atoms with Gasteiger partial charge in [-0.1, -0.05) is 18.2 Å². The van der Waals surface area contributed by atoms with Gasteiger partial charge in [0.15, 0.2) is 22.8 Å². The van der Waals surface area contributed by atoms with Crippen molar-refractivity contribution in [2.24, 2.45) is 0 Å². The lowest BCUT2D eigenvalue weighted by Crippen LogP contribution is -2.07. The number of halogens is 3. The van der Waals surface area contributed by atoms with Gasteiger partial charge in [0, 0.05) is 5.75 Å². The zero-order valence-electron chi connectivity index (χ0n) is 16.5. The second-order valence-electron chi connectivity index (χ2n) is 6.51. The SMILES string of the molecule is CSCCOCn1cnc2c(Nc3c(F)cccc3F)nc(-c3ccccc3F)nc21. The minimum Gasteiger partial charge on any atom is -0.360 e. The summed E-state index contributed by atoms with van der Waals surface area (Å²) in [4.78, 5) is 13.0. The van der Waals surface area contributed by atoms with E-state index in [2.05, 4.69) is 20.3 Å². The van der Waals surface area contributed by atoms with Gasteiger partial charge in [0.1, 0.15) is 29.9 Å². The summed E-state index contributed by atoms with van der Waals surface area (Å²) in [6.07, 6.45) is 3.47. The van der Waals surface area contributed by atoms with Crippen molar-refractivity contribution >= 4 is 34.4 Å². The summed E-state index contributed by atoms with van der Waals surface area (Å²) in [6, 6.07) is 9.53. The Labute approximate surface area is 180 Å². The summed E-state index contributed by atoms with van der Waals surface area (Å²) in [5.74, 6) is -1.18. The molecule has 4 aromatic rings. The lowest BCUT2D eigenvalue weighted by molar-refractivity contribution is 0.0923. The largest absolute Gasteiger partial charge is 0.360 e. The Kier molecular flexibility index (Phi) is 6.38. The van der Waals surface area contributed by atoms with E-state index in [0.717, 1.165) is 17.9 Å². The van der Waals surface area contributed by atoms with Gasteiger partial charge in [0.2, 0.25) is 0 Å². The van der Waals surface area contributed by atoms with E-state index >= 15 is 0 Å². The molecule has 0 aliphatic rings. The van der Waals surface area contributed by atoms with Gasteiger partial charge in [-0.15, -0.1) is 0 Å². The van der Waals surface area contributed by atoms with Crippen LogP contribution in [0.5, 0.6) is 0 Å². The molecule has 0 saturated heterocycles. The zero-order valence-corrected chi connectivity index (χ0v) is 17.3. The Balaban J connectivity index is 1.82. The van der Waals surface area contributed by atoms with Crippen molar-refractivity contribution in [1.82, 2.24) is 19.5 Å². The Hall–Kier alpha value is -3.11. The van der Waals surface area contributed by atoms with E-state index in [1.807, 2.05) is 6.26 Å². The molecular weight excluding hydrogens is 427 g/mol. The summed E-state index contributed by atoms with van der Waals surface area (Å²) in [5.41, 5.74) is 0.387. The monoisotopic (exact) mass is 445 g/mol. The molecule has 0 atom stereocenters. The van der Waals surface area contributed by atoms with Crippen LogP contribution in [0, 0.1) is 17.5 Å². The van der Waals surface area contributed by atoms with Gasteiger partial charge in [-0.2, -0.15) is 11.8 Å². The number of ether oxygens (including phenoxy) is 1. The first kappa shape index (κ1) is 21.1. The van der Waals surface area contributed by atoms with Crippen molar-refractivity contribution < 1.29 is 17.9 Å². The normalized spacial score (nSPS) is 11.2. The van der Waals surface area contributed by atoms with E-state index in [1.54, 1.807) is 28.5 Å². The molecular formula is C21H18F3N5OS. The van der Waals surface area contributed by atoms with Crippen molar-refractivity contribution in [3.63, 3.8) is 0 Å². The van der Waals surface area contributed by atoms with Crippen LogP contribution in [0.3, 0.4) is 0 Å². The minimum absolute atomic E-state index is 0.0510. The zero-order chi connectivity index (χ0) is 21.8. The molecule has 1 N–H and O–H groups in total. The van der Waals surface area contributed by atoms with Crippen LogP contribution < -0.4 is 5.32 Å². The number of hydrogen-bond donors (Lipinski definition) is 1.